The number of hydrogen-bond acceptors (Lipinski definition) is 4. The topological polar surface area (TPSA) is 57.4 Å². The van der Waals surface area contributed by atoms with E-state index in [0.717, 1.165) is 21.1 Å². The molecule has 1 aromatic heterocycles. The zero-order chi connectivity index (χ0) is 13.0. The van der Waals surface area contributed by atoms with Crippen LogP contribution in [0.2, 0.25) is 0 Å². The highest BCUT2D eigenvalue weighted by molar-refractivity contribution is 9.10. The molecule has 0 amide bonds. The third-order valence-corrected chi connectivity index (χ3v) is 2.94. The lowest BCUT2D eigenvalue weighted by Gasteiger charge is -2.10. The van der Waals surface area contributed by atoms with Crippen molar-refractivity contribution in [2.24, 2.45) is 0 Å². The molecule has 0 aliphatic rings. The number of pyridine rings is 1. The molecule has 18 heavy (non-hydrogen) atoms. The maximum atomic E-state index is 5.93. The molecule has 0 atom stereocenters. The van der Waals surface area contributed by atoms with E-state index in [0.29, 0.717) is 25.5 Å². The Labute approximate surface area is 114 Å². The van der Waals surface area contributed by atoms with Crippen LogP contribution in [0.4, 0.5) is 5.69 Å². The lowest BCUT2D eigenvalue weighted by Crippen LogP contribution is -2.07. The van der Waals surface area contributed by atoms with Gasteiger partial charge in [-0.25, -0.2) is 0 Å². The van der Waals surface area contributed by atoms with Crippen molar-refractivity contribution in [2.75, 3.05) is 25.6 Å². The first kappa shape index (κ1) is 13.1. The summed E-state index contributed by atoms with van der Waals surface area (Å²) in [4.78, 5) is 4.35. The van der Waals surface area contributed by atoms with Gasteiger partial charge in [-0.15, -0.1) is 0 Å². The SMILES string of the molecule is CCOCCOc1ccc(N)c2cc(Br)cnc12. The molecule has 1 aromatic carbocycles. The molecule has 2 aromatic rings. The second-order valence-electron chi connectivity index (χ2n) is 3.75. The number of benzene rings is 1. The highest BCUT2D eigenvalue weighted by Gasteiger charge is 2.07. The minimum Gasteiger partial charge on any atom is -0.489 e. The monoisotopic (exact) mass is 310 g/mol. The van der Waals surface area contributed by atoms with Gasteiger partial charge >= 0.3 is 0 Å². The van der Waals surface area contributed by atoms with E-state index in [1.807, 2.05) is 25.1 Å². The third-order valence-electron chi connectivity index (χ3n) is 2.50. The van der Waals surface area contributed by atoms with Gasteiger partial charge in [0.05, 0.1) is 6.61 Å². The van der Waals surface area contributed by atoms with E-state index in [1.54, 1.807) is 6.20 Å². The van der Waals surface area contributed by atoms with Gasteiger partial charge in [0.2, 0.25) is 0 Å². The van der Waals surface area contributed by atoms with E-state index in [9.17, 15) is 0 Å². The van der Waals surface area contributed by atoms with Crippen LogP contribution in [0.3, 0.4) is 0 Å². The van der Waals surface area contributed by atoms with E-state index in [1.165, 1.54) is 0 Å². The molecule has 1 heterocycles. The van der Waals surface area contributed by atoms with E-state index < -0.39 is 0 Å². The van der Waals surface area contributed by atoms with Crippen LogP contribution in [0, 0.1) is 0 Å². The van der Waals surface area contributed by atoms with Crippen molar-refractivity contribution < 1.29 is 9.47 Å². The summed E-state index contributed by atoms with van der Waals surface area (Å²) in [5, 5.41) is 0.887. The smallest absolute Gasteiger partial charge is 0.145 e. The number of fused-ring (bicyclic) bond motifs is 1. The Morgan fingerprint density at radius 1 is 1.33 bits per heavy atom. The van der Waals surface area contributed by atoms with Gasteiger partial charge < -0.3 is 15.2 Å². The molecule has 4 nitrogen and oxygen atoms in total. The minimum atomic E-state index is 0.505. The van der Waals surface area contributed by atoms with E-state index in [4.69, 9.17) is 15.2 Å². The van der Waals surface area contributed by atoms with Crippen LogP contribution in [-0.2, 0) is 4.74 Å². The number of hydrogen-bond donors (Lipinski definition) is 1. The van der Waals surface area contributed by atoms with Crippen LogP contribution in [0.5, 0.6) is 5.75 Å². The number of rotatable bonds is 5. The first-order valence-corrected chi connectivity index (χ1v) is 6.56. The number of halogens is 1. The summed E-state index contributed by atoms with van der Waals surface area (Å²) < 4.78 is 11.8. The molecule has 2 rings (SSSR count). The summed E-state index contributed by atoms with van der Waals surface area (Å²) in [5.41, 5.74) is 7.39. The molecule has 0 aliphatic heterocycles. The van der Waals surface area contributed by atoms with Crippen LogP contribution in [0.25, 0.3) is 10.9 Å². The third kappa shape index (κ3) is 2.91. The van der Waals surface area contributed by atoms with Gasteiger partial charge in [-0.2, -0.15) is 0 Å². The predicted octanol–water partition coefficient (Wildman–Crippen LogP) is 2.99. The number of nitrogens with zero attached hydrogens (tertiary/aromatic N) is 1. The van der Waals surface area contributed by atoms with E-state index in [-0.39, 0.29) is 0 Å². The summed E-state index contributed by atoms with van der Waals surface area (Å²) in [6.45, 7) is 3.72. The van der Waals surface area contributed by atoms with Gasteiger partial charge in [0.15, 0.2) is 0 Å². The van der Waals surface area contributed by atoms with Gasteiger partial charge in [0.25, 0.3) is 0 Å². The summed E-state index contributed by atoms with van der Waals surface area (Å²) >= 11 is 3.39. The Balaban J connectivity index is 2.25. The molecule has 5 heteroatoms. The highest BCUT2D eigenvalue weighted by Crippen LogP contribution is 2.30. The lowest BCUT2D eigenvalue weighted by atomic mass is 10.2. The molecular weight excluding hydrogens is 296 g/mol. The first-order chi connectivity index (χ1) is 8.72. The van der Waals surface area contributed by atoms with E-state index >= 15 is 0 Å². The number of nitrogen functional groups attached to an aromatic ring is 1. The Morgan fingerprint density at radius 2 is 2.17 bits per heavy atom. The minimum absolute atomic E-state index is 0.505. The lowest BCUT2D eigenvalue weighted by molar-refractivity contribution is 0.110. The zero-order valence-electron chi connectivity index (χ0n) is 10.1. The van der Waals surface area contributed by atoms with Crippen molar-refractivity contribution in [3.05, 3.63) is 28.9 Å². The molecule has 0 saturated heterocycles. The second-order valence-corrected chi connectivity index (χ2v) is 4.66. The quantitative estimate of drug-likeness (QED) is 0.681. The molecule has 2 N–H and O–H groups in total. The normalized spacial score (nSPS) is 10.8. The van der Waals surface area contributed by atoms with Gasteiger partial charge in [0.1, 0.15) is 17.9 Å². The average molecular weight is 311 g/mol. The molecule has 0 bridgehead atoms. The Morgan fingerprint density at radius 3 is 2.94 bits per heavy atom. The standard InChI is InChI=1S/C13H15BrN2O2/c1-2-17-5-6-18-12-4-3-11(15)10-7-9(14)8-16-13(10)12/h3-4,7-8H,2,5-6,15H2,1H3. The average Bonchev–Trinajstić information content (AvgIpc) is 2.37. The van der Waals surface area contributed by atoms with Gasteiger partial charge in [-0.3, -0.25) is 4.98 Å². The number of aromatic nitrogens is 1. The maximum Gasteiger partial charge on any atom is 0.145 e. The van der Waals surface area contributed by atoms with Crippen molar-refractivity contribution >= 4 is 32.5 Å². The fourth-order valence-corrected chi connectivity index (χ4v) is 1.99. The maximum absolute atomic E-state index is 5.93. The van der Waals surface area contributed by atoms with Gasteiger partial charge in [-0.05, 0) is 41.1 Å². The van der Waals surface area contributed by atoms with Crippen LogP contribution in [-0.4, -0.2) is 24.8 Å². The summed E-state index contributed by atoms with van der Waals surface area (Å²) in [6, 6.07) is 5.60. The van der Waals surface area contributed by atoms with Crippen LogP contribution in [0.1, 0.15) is 6.92 Å². The van der Waals surface area contributed by atoms with Gasteiger partial charge in [-0.1, -0.05) is 0 Å². The van der Waals surface area contributed by atoms with Crippen molar-refractivity contribution in [1.29, 1.82) is 0 Å². The van der Waals surface area contributed by atoms with Crippen LogP contribution in [0.15, 0.2) is 28.9 Å². The van der Waals surface area contributed by atoms with Crippen molar-refractivity contribution in [3.63, 3.8) is 0 Å². The molecule has 0 radical (unpaired) electrons. The van der Waals surface area contributed by atoms with Gasteiger partial charge in [0, 0.05) is 28.4 Å². The molecule has 0 spiro atoms. The Hall–Kier alpha value is -1.33. The summed E-state index contributed by atoms with van der Waals surface area (Å²) in [6.07, 6.45) is 1.73. The molecule has 0 aliphatic carbocycles. The highest BCUT2D eigenvalue weighted by atomic mass is 79.9. The summed E-state index contributed by atoms with van der Waals surface area (Å²) in [5.74, 6) is 0.728. The Bertz CT molecular complexity index is 546. The fraction of sp³-hybridized carbons (Fsp3) is 0.308. The van der Waals surface area contributed by atoms with Crippen molar-refractivity contribution in [2.45, 2.75) is 6.92 Å². The molecule has 96 valence electrons. The van der Waals surface area contributed by atoms with Crippen LogP contribution >= 0.6 is 15.9 Å². The second kappa shape index (κ2) is 6.02. The first-order valence-electron chi connectivity index (χ1n) is 5.76. The molecule has 0 unspecified atom stereocenters. The molecule has 0 fully saturated rings. The molecular formula is C13H15BrN2O2. The fourth-order valence-electron chi connectivity index (χ4n) is 1.66. The number of ether oxygens (including phenoxy) is 2. The number of nitrogens with two attached hydrogens (primary N) is 1. The Kier molecular flexibility index (Phi) is 4.38. The molecule has 0 saturated carbocycles. The predicted molar refractivity (Wildman–Crippen MR) is 75.8 cm³/mol. The van der Waals surface area contributed by atoms with Crippen molar-refractivity contribution in [1.82, 2.24) is 4.98 Å². The summed E-state index contributed by atoms with van der Waals surface area (Å²) in [7, 11) is 0. The number of anilines is 1. The van der Waals surface area contributed by atoms with E-state index in [2.05, 4.69) is 20.9 Å². The van der Waals surface area contributed by atoms with Crippen molar-refractivity contribution in [3.8, 4) is 5.75 Å². The van der Waals surface area contributed by atoms with Crippen LogP contribution < -0.4 is 10.5 Å². The largest absolute Gasteiger partial charge is 0.489 e. The zero-order valence-corrected chi connectivity index (χ0v) is 11.7.